The highest BCUT2D eigenvalue weighted by atomic mass is 32.2. The molecule has 6 heteroatoms. The number of benzene rings is 1. The molecule has 3 rings (SSSR count). The largest absolute Gasteiger partial charge is 0.274 e. The molecule has 0 atom stereocenters. The number of sulfonamides is 1. The van der Waals surface area contributed by atoms with E-state index in [1.54, 1.807) is 29.2 Å². The molecule has 0 saturated carbocycles. The lowest BCUT2D eigenvalue weighted by atomic mass is 10.0. The predicted octanol–water partition coefficient (Wildman–Crippen LogP) is 1.48. The Labute approximate surface area is 118 Å². The molecular formula is C14H17N3O2S. The standard InChI is InChI=1S/C14H17N3O2S/c1-11-14(10-16(2)15-11)20(18,19)17-8-7-12-5-3-4-6-13(12)9-17/h3-6,10H,7-9H2,1-2H3. The fourth-order valence-corrected chi connectivity index (χ4v) is 4.26. The molecule has 0 spiro atoms. The van der Waals surface area contributed by atoms with Crippen LogP contribution in [0, 0.1) is 6.92 Å². The molecule has 0 aliphatic carbocycles. The maximum Gasteiger partial charge on any atom is 0.246 e. The molecule has 0 radical (unpaired) electrons. The fraction of sp³-hybridized carbons (Fsp3) is 0.357. The van der Waals surface area contributed by atoms with Crippen LogP contribution in [0.1, 0.15) is 16.8 Å². The summed E-state index contributed by atoms with van der Waals surface area (Å²) in [5.74, 6) is 0. The summed E-state index contributed by atoms with van der Waals surface area (Å²) < 4.78 is 28.5. The number of aryl methyl sites for hydroxylation is 2. The average Bonchev–Trinajstić information content (AvgIpc) is 2.78. The van der Waals surface area contributed by atoms with Crippen LogP contribution in [0.3, 0.4) is 0 Å². The van der Waals surface area contributed by atoms with E-state index >= 15 is 0 Å². The van der Waals surface area contributed by atoms with Crippen LogP contribution in [-0.4, -0.2) is 29.0 Å². The van der Waals surface area contributed by atoms with E-state index in [9.17, 15) is 8.42 Å². The van der Waals surface area contributed by atoms with Gasteiger partial charge in [-0.1, -0.05) is 24.3 Å². The van der Waals surface area contributed by atoms with Crippen LogP contribution in [0.2, 0.25) is 0 Å². The number of nitrogens with zero attached hydrogens (tertiary/aromatic N) is 3. The van der Waals surface area contributed by atoms with Gasteiger partial charge in [-0.05, 0) is 24.5 Å². The molecule has 1 aliphatic heterocycles. The first kappa shape index (κ1) is 13.3. The van der Waals surface area contributed by atoms with Gasteiger partial charge in [-0.25, -0.2) is 8.42 Å². The molecule has 1 aromatic heterocycles. The summed E-state index contributed by atoms with van der Waals surface area (Å²) in [7, 11) is -1.73. The normalized spacial score (nSPS) is 16.1. The van der Waals surface area contributed by atoms with E-state index < -0.39 is 10.0 Å². The molecular weight excluding hydrogens is 274 g/mol. The molecule has 0 fully saturated rings. The zero-order chi connectivity index (χ0) is 14.3. The second-order valence-corrected chi connectivity index (χ2v) is 7.02. The van der Waals surface area contributed by atoms with Crippen LogP contribution >= 0.6 is 0 Å². The minimum absolute atomic E-state index is 0.305. The van der Waals surface area contributed by atoms with E-state index in [-0.39, 0.29) is 0 Å². The monoisotopic (exact) mass is 291 g/mol. The molecule has 106 valence electrons. The van der Waals surface area contributed by atoms with Crippen LogP contribution in [0.25, 0.3) is 0 Å². The highest BCUT2D eigenvalue weighted by molar-refractivity contribution is 7.89. The van der Waals surface area contributed by atoms with Gasteiger partial charge in [0.1, 0.15) is 4.90 Å². The van der Waals surface area contributed by atoms with E-state index in [1.165, 1.54) is 5.56 Å². The van der Waals surface area contributed by atoms with Crippen molar-refractivity contribution < 1.29 is 8.42 Å². The summed E-state index contributed by atoms with van der Waals surface area (Å²) in [5, 5.41) is 4.13. The van der Waals surface area contributed by atoms with Crippen molar-refractivity contribution in [1.29, 1.82) is 0 Å². The lowest BCUT2D eigenvalue weighted by Gasteiger charge is -2.27. The van der Waals surface area contributed by atoms with Gasteiger partial charge >= 0.3 is 0 Å². The van der Waals surface area contributed by atoms with Gasteiger partial charge in [0.25, 0.3) is 0 Å². The summed E-state index contributed by atoms with van der Waals surface area (Å²) in [5.41, 5.74) is 2.87. The lowest BCUT2D eigenvalue weighted by Crippen LogP contribution is -2.36. The smallest absolute Gasteiger partial charge is 0.246 e. The highest BCUT2D eigenvalue weighted by Gasteiger charge is 2.30. The van der Waals surface area contributed by atoms with Crippen molar-refractivity contribution in [2.24, 2.45) is 7.05 Å². The van der Waals surface area contributed by atoms with Gasteiger partial charge in [0, 0.05) is 26.3 Å². The Bertz CT molecular complexity index is 750. The maximum atomic E-state index is 12.7. The van der Waals surface area contributed by atoms with E-state index in [0.29, 0.717) is 23.7 Å². The van der Waals surface area contributed by atoms with Crippen molar-refractivity contribution in [3.05, 3.63) is 47.3 Å². The van der Waals surface area contributed by atoms with Crippen LogP contribution in [0.15, 0.2) is 35.4 Å². The SMILES string of the molecule is Cc1nn(C)cc1S(=O)(=O)N1CCc2ccccc2C1. The van der Waals surface area contributed by atoms with Gasteiger partial charge in [-0.2, -0.15) is 9.40 Å². The lowest BCUT2D eigenvalue weighted by molar-refractivity contribution is 0.391. The van der Waals surface area contributed by atoms with Gasteiger partial charge < -0.3 is 0 Å². The molecule has 20 heavy (non-hydrogen) atoms. The van der Waals surface area contributed by atoms with Gasteiger partial charge in [0.05, 0.1) is 5.69 Å². The summed E-state index contributed by atoms with van der Waals surface area (Å²) in [6.45, 7) is 2.69. The van der Waals surface area contributed by atoms with Crippen molar-refractivity contribution in [3.8, 4) is 0 Å². The zero-order valence-electron chi connectivity index (χ0n) is 11.6. The molecule has 2 heterocycles. The Kier molecular flexibility index (Phi) is 3.14. The quantitative estimate of drug-likeness (QED) is 0.842. The Hall–Kier alpha value is -1.66. The summed E-state index contributed by atoms with van der Waals surface area (Å²) >= 11 is 0. The van der Waals surface area contributed by atoms with Gasteiger partial charge in [-0.15, -0.1) is 0 Å². The molecule has 2 aromatic rings. The Balaban J connectivity index is 1.96. The second-order valence-electron chi connectivity index (χ2n) is 5.11. The molecule has 5 nitrogen and oxygen atoms in total. The zero-order valence-corrected chi connectivity index (χ0v) is 12.4. The van der Waals surface area contributed by atoms with Crippen molar-refractivity contribution >= 4 is 10.0 Å². The summed E-state index contributed by atoms with van der Waals surface area (Å²) in [6, 6.07) is 8.00. The van der Waals surface area contributed by atoms with Crippen molar-refractivity contribution in [3.63, 3.8) is 0 Å². The average molecular weight is 291 g/mol. The number of aromatic nitrogens is 2. The third-order valence-corrected chi connectivity index (χ3v) is 5.63. The summed E-state index contributed by atoms with van der Waals surface area (Å²) in [4.78, 5) is 0.305. The maximum absolute atomic E-state index is 12.7. The van der Waals surface area contributed by atoms with E-state index in [4.69, 9.17) is 0 Å². The second kappa shape index (κ2) is 4.71. The van der Waals surface area contributed by atoms with E-state index in [0.717, 1.165) is 12.0 Å². The minimum Gasteiger partial charge on any atom is -0.274 e. The first-order valence-corrected chi connectivity index (χ1v) is 7.99. The topological polar surface area (TPSA) is 55.2 Å². The third-order valence-electron chi connectivity index (χ3n) is 3.68. The third kappa shape index (κ3) is 2.14. The first-order valence-electron chi connectivity index (χ1n) is 6.55. The molecule has 0 bridgehead atoms. The van der Waals surface area contributed by atoms with Crippen LogP contribution in [-0.2, 0) is 30.0 Å². The number of fused-ring (bicyclic) bond motifs is 1. The van der Waals surface area contributed by atoms with Crippen molar-refractivity contribution in [1.82, 2.24) is 14.1 Å². The summed E-state index contributed by atoms with van der Waals surface area (Å²) in [6.07, 6.45) is 2.33. The molecule has 0 amide bonds. The van der Waals surface area contributed by atoms with Gasteiger partial charge in [-0.3, -0.25) is 4.68 Å². The van der Waals surface area contributed by atoms with Gasteiger partial charge in [0.2, 0.25) is 10.0 Å². The Morgan fingerprint density at radius 3 is 2.55 bits per heavy atom. The van der Waals surface area contributed by atoms with Crippen LogP contribution in [0.5, 0.6) is 0 Å². The number of hydrogen-bond acceptors (Lipinski definition) is 3. The predicted molar refractivity (Wildman–Crippen MR) is 75.7 cm³/mol. The van der Waals surface area contributed by atoms with Crippen LogP contribution in [0.4, 0.5) is 0 Å². The van der Waals surface area contributed by atoms with E-state index in [1.807, 2.05) is 18.2 Å². The van der Waals surface area contributed by atoms with E-state index in [2.05, 4.69) is 11.2 Å². The molecule has 0 saturated heterocycles. The highest BCUT2D eigenvalue weighted by Crippen LogP contribution is 2.25. The number of hydrogen-bond donors (Lipinski definition) is 0. The van der Waals surface area contributed by atoms with Crippen molar-refractivity contribution in [2.75, 3.05) is 6.54 Å². The fourth-order valence-electron chi connectivity index (χ4n) is 2.65. The Morgan fingerprint density at radius 1 is 1.20 bits per heavy atom. The number of rotatable bonds is 2. The molecule has 0 N–H and O–H groups in total. The molecule has 1 aliphatic rings. The van der Waals surface area contributed by atoms with Gasteiger partial charge in [0.15, 0.2) is 0 Å². The molecule has 1 aromatic carbocycles. The minimum atomic E-state index is -3.46. The van der Waals surface area contributed by atoms with Crippen molar-refractivity contribution in [2.45, 2.75) is 24.8 Å². The Morgan fingerprint density at radius 2 is 1.90 bits per heavy atom. The first-order chi connectivity index (χ1) is 9.48. The molecule has 0 unspecified atom stereocenters. The van der Waals surface area contributed by atoms with Crippen LogP contribution < -0.4 is 0 Å².